The van der Waals surface area contributed by atoms with Crippen molar-refractivity contribution in [1.29, 1.82) is 0 Å². The van der Waals surface area contributed by atoms with Gasteiger partial charge in [0.25, 0.3) is 0 Å². The molecule has 3 nitrogen and oxygen atoms in total. The summed E-state index contributed by atoms with van der Waals surface area (Å²) in [5.41, 5.74) is 7.20. The number of methoxy groups -OCH3 is 1. The molecule has 0 aromatic heterocycles. The molecule has 3 heteroatoms. The zero-order chi connectivity index (χ0) is 14.5. The van der Waals surface area contributed by atoms with E-state index in [4.69, 9.17) is 10.5 Å². The first-order valence-electron chi connectivity index (χ1n) is 7.71. The van der Waals surface area contributed by atoms with E-state index in [9.17, 15) is 0 Å². The van der Waals surface area contributed by atoms with Gasteiger partial charge in [-0.3, -0.25) is 4.90 Å². The lowest BCUT2D eigenvalue weighted by Crippen LogP contribution is -2.47. The highest BCUT2D eigenvalue weighted by atomic mass is 16.5. The van der Waals surface area contributed by atoms with Gasteiger partial charge in [0.15, 0.2) is 0 Å². The fourth-order valence-electron chi connectivity index (χ4n) is 3.20. The highest BCUT2D eigenvalue weighted by molar-refractivity contribution is 5.33. The van der Waals surface area contributed by atoms with Crippen molar-refractivity contribution in [1.82, 2.24) is 4.90 Å². The smallest absolute Gasteiger partial charge is 0.122 e. The van der Waals surface area contributed by atoms with Crippen molar-refractivity contribution in [3.05, 3.63) is 29.8 Å². The maximum absolute atomic E-state index is 5.91. The highest BCUT2D eigenvalue weighted by Crippen LogP contribution is 2.26. The van der Waals surface area contributed by atoms with Crippen molar-refractivity contribution in [3.8, 4) is 5.75 Å². The van der Waals surface area contributed by atoms with Crippen LogP contribution < -0.4 is 10.5 Å². The molecule has 1 aromatic rings. The largest absolute Gasteiger partial charge is 0.496 e. The van der Waals surface area contributed by atoms with Crippen LogP contribution in [0.5, 0.6) is 5.75 Å². The summed E-state index contributed by atoms with van der Waals surface area (Å²) in [6.45, 7) is 7.77. The summed E-state index contributed by atoms with van der Waals surface area (Å²) >= 11 is 0. The fraction of sp³-hybridized carbons (Fsp3) is 0.647. The first-order chi connectivity index (χ1) is 9.65. The number of hydrogen-bond acceptors (Lipinski definition) is 3. The van der Waals surface area contributed by atoms with Gasteiger partial charge in [0, 0.05) is 12.6 Å². The third-order valence-electron chi connectivity index (χ3n) is 4.78. The van der Waals surface area contributed by atoms with Crippen molar-refractivity contribution in [3.63, 3.8) is 0 Å². The Morgan fingerprint density at radius 1 is 1.40 bits per heavy atom. The Morgan fingerprint density at radius 2 is 2.15 bits per heavy atom. The summed E-state index contributed by atoms with van der Waals surface area (Å²) in [5.74, 6) is 2.40. The number of hydrogen-bond donors (Lipinski definition) is 1. The lowest BCUT2D eigenvalue weighted by molar-refractivity contribution is 0.0975. The third kappa shape index (κ3) is 3.53. The molecule has 0 saturated carbocycles. The molecule has 1 aliphatic rings. The van der Waals surface area contributed by atoms with E-state index in [-0.39, 0.29) is 0 Å². The van der Waals surface area contributed by atoms with Crippen LogP contribution in [-0.4, -0.2) is 37.7 Å². The molecule has 2 rings (SSSR count). The number of para-hydroxylation sites is 1. The van der Waals surface area contributed by atoms with Crippen molar-refractivity contribution >= 4 is 0 Å². The molecule has 3 unspecified atom stereocenters. The van der Waals surface area contributed by atoms with Crippen molar-refractivity contribution < 1.29 is 4.74 Å². The maximum Gasteiger partial charge on any atom is 0.122 e. The van der Waals surface area contributed by atoms with E-state index in [1.165, 1.54) is 18.5 Å². The Kier molecular flexibility index (Phi) is 5.44. The topological polar surface area (TPSA) is 38.5 Å². The van der Waals surface area contributed by atoms with Crippen LogP contribution in [0.15, 0.2) is 24.3 Å². The zero-order valence-corrected chi connectivity index (χ0v) is 13.0. The summed E-state index contributed by atoms with van der Waals surface area (Å²) in [6, 6.07) is 8.87. The monoisotopic (exact) mass is 276 g/mol. The van der Waals surface area contributed by atoms with Crippen molar-refractivity contribution in [2.75, 3.05) is 26.7 Å². The van der Waals surface area contributed by atoms with Crippen molar-refractivity contribution in [2.24, 2.45) is 17.6 Å². The number of piperidine rings is 1. The summed E-state index contributed by atoms with van der Waals surface area (Å²) in [7, 11) is 1.75. The normalized spacial score (nSPS) is 25.4. The van der Waals surface area contributed by atoms with Gasteiger partial charge in [-0.25, -0.2) is 0 Å². The lowest BCUT2D eigenvalue weighted by Gasteiger charge is -2.40. The molecule has 0 amide bonds. The Hall–Kier alpha value is -1.06. The molecule has 0 radical (unpaired) electrons. The lowest BCUT2D eigenvalue weighted by atomic mass is 9.86. The molecule has 20 heavy (non-hydrogen) atoms. The van der Waals surface area contributed by atoms with Gasteiger partial charge in [-0.2, -0.15) is 0 Å². The van der Waals surface area contributed by atoms with Crippen LogP contribution in [0.4, 0.5) is 0 Å². The van der Waals surface area contributed by atoms with E-state index in [2.05, 4.69) is 30.9 Å². The molecule has 2 N–H and O–H groups in total. The molecule has 0 spiro atoms. The standard InChI is InChI=1S/C17H28N2O/c1-13-8-9-19(12-16(13)11-18)14(2)10-15-6-4-5-7-17(15)20-3/h4-7,13-14,16H,8-12,18H2,1-3H3. The van der Waals surface area contributed by atoms with Gasteiger partial charge in [-0.15, -0.1) is 0 Å². The quantitative estimate of drug-likeness (QED) is 0.898. The average Bonchev–Trinajstić information content (AvgIpc) is 2.48. The van der Waals surface area contributed by atoms with Crippen LogP contribution in [0.25, 0.3) is 0 Å². The van der Waals surface area contributed by atoms with Crippen LogP contribution in [0.3, 0.4) is 0 Å². The molecule has 0 bridgehead atoms. The van der Waals surface area contributed by atoms with Crippen LogP contribution in [0.1, 0.15) is 25.8 Å². The Labute approximate surface area is 123 Å². The number of ether oxygens (including phenoxy) is 1. The van der Waals surface area contributed by atoms with E-state index >= 15 is 0 Å². The van der Waals surface area contributed by atoms with Crippen molar-refractivity contribution in [2.45, 2.75) is 32.7 Å². The summed E-state index contributed by atoms with van der Waals surface area (Å²) in [4.78, 5) is 2.59. The fourth-order valence-corrected chi connectivity index (χ4v) is 3.20. The second kappa shape index (κ2) is 7.09. The second-order valence-electron chi connectivity index (χ2n) is 6.12. The first kappa shape index (κ1) is 15.3. The average molecular weight is 276 g/mol. The molecule has 1 heterocycles. The Bertz CT molecular complexity index is 421. The van der Waals surface area contributed by atoms with Gasteiger partial charge in [0.05, 0.1) is 7.11 Å². The zero-order valence-electron chi connectivity index (χ0n) is 13.0. The molecular weight excluding hydrogens is 248 g/mol. The minimum absolute atomic E-state index is 0.535. The van der Waals surface area contributed by atoms with Crippen LogP contribution in [0.2, 0.25) is 0 Å². The molecule has 1 aromatic carbocycles. The molecule has 3 atom stereocenters. The summed E-state index contributed by atoms with van der Waals surface area (Å²) < 4.78 is 5.45. The molecule has 112 valence electrons. The molecule has 1 aliphatic heterocycles. The number of nitrogens with zero attached hydrogens (tertiary/aromatic N) is 1. The number of rotatable bonds is 5. The van der Waals surface area contributed by atoms with Gasteiger partial charge < -0.3 is 10.5 Å². The van der Waals surface area contributed by atoms with Crippen LogP contribution >= 0.6 is 0 Å². The minimum Gasteiger partial charge on any atom is -0.496 e. The van der Waals surface area contributed by atoms with Crippen LogP contribution in [-0.2, 0) is 6.42 Å². The molecule has 0 aliphatic carbocycles. The third-order valence-corrected chi connectivity index (χ3v) is 4.78. The second-order valence-corrected chi connectivity index (χ2v) is 6.12. The number of nitrogens with two attached hydrogens (primary N) is 1. The number of benzene rings is 1. The summed E-state index contributed by atoms with van der Waals surface area (Å²) in [5, 5.41) is 0. The Balaban J connectivity index is 1.99. The number of likely N-dealkylation sites (tertiary alicyclic amines) is 1. The minimum atomic E-state index is 0.535. The Morgan fingerprint density at radius 3 is 2.85 bits per heavy atom. The summed E-state index contributed by atoms with van der Waals surface area (Å²) in [6.07, 6.45) is 2.30. The van der Waals surface area contributed by atoms with E-state index in [1.54, 1.807) is 7.11 Å². The van der Waals surface area contributed by atoms with E-state index < -0.39 is 0 Å². The molecule has 1 fully saturated rings. The van der Waals surface area contributed by atoms with Crippen LogP contribution in [0, 0.1) is 11.8 Å². The van der Waals surface area contributed by atoms with Gasteiger partial charge in [-0.05, 0) is 56.3 Å². The maximum atomic E-state index is 5.91. The van der Waals surface area contributed by atoms with E-state index in [0.29, 0.717) is 12.0 Å². The first-order valence-corrected chi connectivity index (χ1v) is 7.71. The SMILES string of the molecule is COc1ccccc1CC(C)N1CCC(C)C(CN)C1. The van der Waals surface area contributed by atoms with Gasteiger partial charge in [0.1, 0.15) is 5.75 Å². The van der Waals surface area contributed by atoms with Gasteiger partial charge >= 0.3 is 0 Å². The molecule has 1 saturated heterocycles. The van der Waals surface area contributed by atoms with Gasteiger partial charge in [-0.1, -0.05) is 25.1 Å². The molecular formula is C17H28N2O. The van der Waals surface area contributed by atoms with E-state index in [0.717, 1.165) is 31.2 Å². The predicted octanol–water partition coefficient (Wildman–Crippen LogP) is 2.54. The highest BCUT2D eigenvalue weighted by Gasteiger charge is 2.27. The van der Waals surface area contributed by atoms with Gasteiger partial charge in [0.2, 0.25) is 0 Å². The predicted molar refractivity (Wildman–Crippen MR) is 84.1 cm³/mol. The van der Waals surface area contributed by atoms with E-state index in [1.807, 2.05) is 12.1 Å².